The summed E-state index contributed by atoms with van der Waals surface area (Å²) >= 11 is 0.921. The fourth-order valence-corrected chi connectivity index (χ4v) is 6.17. The third-order valence-corrected chi connectivity index (χ3v) is 9.00. The highest BCUT2D eigenvalue weighted by Gasteiger charge is 2.39. The van der Waals surface area contributed by atoms with Crippen LogP contribution in [0.3, 0.4) is 0 Å². The van der Waals surface area contributed by atoms with Crippen molar-refractivity contribution in [2.45, 2.75) is 38.5 Å². The van der Waals surface area contributed by atoms with Gasteiger partial charge in [-0.2, -0.15) is 13.2 Å². The number of hydrogen-bond donors (Lipinski definition) is 2. The van der Waals surface area contributed by atoms with Gasteiger partial charge in [0, 0.05) is 31.7 Å². The Hall–Kier alpha value is -3.62. The zero-order valence-electron chi connectivity index (χ0n) is 22.1. The first-order valence-corrected chi connectivity index (χ1v) is 14.5. The number of carbonyl (C=O) groups excluding carboxylic acids is 2. The lowest BCUT2D eigenvalue weighted by molar-refractivity contribution is -0.137. The summed E-state index contributed by atoms with van der Waals surface area (Å²) in [6.07, 6.45) is -3.39. The van der Waals surface area contributed by atoms with E-state index in [-0.39, 0.29) is 36.6 Å². The molecule has 2 atom stereocenters. The molecule has 3 aromatic rings. The molecule has 1 aliphatic rings. The smallest absolute Gasteiger partial charge is 0.416 e. The molecular formula is C27H27F3N4O5S2. The Balaban J connectivity index is 1.54. The van der Waals surface area contributed by atoms with Crippen LogP contribution in [0.5, 0.6) is 0 Å². The average Bonchev–Trinajstić information content (AvgIpc) is 3.45. The number of aromatic nitrogens is 1. The Bertz CT molecular complexity index is 1440. The molecule has 4 rings (SSSR count). The first-order chi connectivity index (χ1) is 19.3. The molecule has 41 heavy (non-hydrogen) atoms. The van der Waals surface area contributed by atoms with Crippen LogP contribution < -0.4 is 10.2 Å². The fourth-order valence-electron chi connectivity index (χ4n) is 4.19. The quantitative estimate of drug-likeness (QED) is 0.392. The molecule has 1 amide bonds. The van der Waals surface area contributed by atoms with Crippen molar-refractivity contribution in [3.8, 4) is 0 Å². The van der Waals surface area contributed by atoms with Crippen molar-refractivity contribution in [1.29, 1.82) is 0 Å². The predicted molar refractivity (Wildman–Crippen MR) is 148 cm³/mol. The number of halogens is 3. The van der Waals surface area contributed by atoms with Crippen molar-refractivity contribution >= 4 is 44.4 Å². The second-order valence-corrected chi connectivity index (χ2v) is 12.0. The highest BCUT2D eigenvalue weighted by molar-refractivity contribution is 7.98. The summed E-state index contributed by atoms with van der Waals surface area (Å²) < 4.78 is 53.4. The van der Waals surface area contributed by atoms with Crippen molar-refractivity contribution < 1.29 is 36.9 Å². The molecule has 2 N–H and O–H groups in total. The van der Waals surface area contributed by atoms with Gasteiger partial charge < -0.3 is 15.3 Å². The number of alkyl halides is 3. The second kappa shape index (κ2) is 12.5. The van der Waals surface area contributed by atoms with Gasteiger partial charge >= 0.3 is 12.1 Å². The van der Waals surface area contributed by atoms with Crippen LogP contribution in [0.15, 0.2) is 54.7 Å². The Morgan fingerprint density at radius 2 is 1.76 bits per heavy atom. The molecule has 14 heteroatoms. The number of aromatic carboxylic acids is 1. The minimum absolute atomic E-state index is 0.00864. The van der Waals surface area contributed by atoms with Crippen molar-refractivity contribution in [3.63, 3.8) is 0 Å². The maximum Gasteiger partial charge on any atom is 0.416 e. The van der Waals surface area contributed by atoms with Crippen LogP contribution >= 0.6 is 11.3 Å². The Morgan fingerprint density at radius 3 is 2.32 bits per heavy atom. The van der Waals surface area contributed by atoms with E-state index in [0.717, 1.165) is 46.7 Å². The molecule has 218 valence electrons. The third kappa shape index (κ3) is 7.18. The van der Waals surface area contributed by atoms with Gasteiger partial charge in [0.15, 0.2) is 16.1 Å². The molecule has 9 nitrogen and oxygen atoms in total. The van der Waals surface area contributed by atoms with Crippen molar-refractivity contribution in [3.05, 3.63) is 81.9 Å². The predicted octanol–water partition coefficient (Wildman–Crippen LogP) is 4.29. The number of carboxylic acids is 1. The number of anilines is 1. The zero-order valence-corrected chi connectivity index (χ0v) is 23.7. The summed E-state index contributed by atoms with van der Waals surface area (Å²) in [5, 5.41) is 11.5. The highest BCUT2D eigenvalue weighted by atomic mass is 32.2. The van der Waals surface area contributed by atoms with Gasteiger partial charge in [-0.15, -0.1) is 0 Å². The second-order valence-electron chi connectivity index (χ2n) is 9.64. The highest BCUT2D eigenvalue weighted by Crippen LogP contribution is 2.30. The van der Waals surface area contributed by atoms with Gasteiger partial charge in [-0.1, -0.05) is 49.4 Å². The molecule has 1 aromatic heterocycles. The van der Waals surface area contributed by atoms with Crippen LogP contribution in [-0.2, 0) is 28.5 Å². The summed E-state index contributed by atoms with van der Waals surface area (Å²) in [5.41, 5.74) is 0.830. The largest absolute Gasteiger partial charge is 0.477 e. The number of carbonyl (C=O) groups is 3. The Labute approximate surface area is 240 Å². The van der Waals surface area contributed by atoms with E-state index in [9.17, 15) is 36.9 Å². The van der Waals surface area contributed by atoms with E-state index in [1.54, 1.807) is 4.90 Å². The van der Waals surface area contributed by atoms with E-state index in [1.165, 1.54) is 10.5 Å². The van der Waals surface area contributed by atoms with Crippen molar-refractivity contribution in [2.75, 3.05) is 24.5 Å². The molecule has 0 bridgehead atoms. The molecule has 1 unspecified atom stereocenters. The molecule has 1 saturated heterocycles. The number of thiazole rings is 1. The maximum atomic E-state index is 13.4. The summed E-state index contributed by atoms with van der Waals surface area (Å²) in [5.74, 6) is -1.33. The monoisotopic (exact) mass is 608 g/mol. The molecule has 0 aliphatic carbocycles. The summed E-state index contributed by atoms with van der Waals surface area (Å²) in [6, 6.07) is 9.97. The van der Waals surface area contributed by atoms with Crippen molar-refractivity contribution in [1.82, 2.24) is 14.6 Å². The van der Waals surface area contributed by atoms with E-state index in [0.29, 0.717) is 11.0 Å². The Morgan fingerprint density at radius 1 is 1.10 bits per heavy atom. The first-order valence-electron chi connectivity index (χ1n) is 12.6. The maximum absolute atomic E-state index is 13.4. The lowest BCUT2D eigenvalue weighted by Crippen LogP contribution is -2.60. The van der Waals surface area contributed by atoms with E-state index in [4.69, 9.17) is 0 Å². The number of benzene rings is 2. The topological polar surface area (TPSA) is 120 Å². The summed E-state index contributed by atoms with van der Waals surface area (Å²) in [7, 11) is -2.40. The average molecular weight is 609 g/mol. The zero-order chi connectivity index (χ0) is 29.9. The van der Waals surface area contributed by atoms with Crippen molar-refractivity contribution in [2.24, 2.45) is 0 Å². The number of rotatable bonds is 8. The molecule has 1 fully saturated rings. The van der Waals surface area contributed by atoms with Gasteiger partial charge in [0.1, 0.15) is 10.9 Å². The molecule has 0 saturated carbocycles. The molecule has 1 aliphatic heterocycles. The number of hydrogen-bond acceptors (Lipinski definition) is 7. The van der Waals surface area contributed by atoms with Gasteiger partial charge in [0.25, 0.3) is 5.12 Å². The standard InChI is InChI=1S/C27H27F3N4O5S2/c1-16(2)18-5-3-17(4-6-18)13-31-23(35)21-15-33(26-32-14-22(40-26)24(36)37)11-12-34(21)41(39)25(38)19-7-9-20(10-8-19)27(28,29)30/h3-10,14,16,21H,11-13,15H2,1-2H3,(H,31,35)(H,36,37)/t21-,41?/m1/s1. The Kier molecular flexibility index (Phi) is 9.24. The van der Waals surface area contributed by atoms with Gasteiger partial charge in [0.2, 0.25) is 5.91 Å². The minimum atomic E-state index is -4.59. The van der Waals surface area contributed by atoms with Crippen LogP contribution in [0.4, 0.5) is 18.3 Å². The van der Waals surface area contributed by atoms with Gasteiger partial charge in [0.05, 0.1) is 11.8 Å². The number of piperazine rings is 1. The summed E-state index contributed by atoms with van der Waals surface area (Å²) in [6.45, 7) is 4.40. The third-order valence-electron chi connectivity index (χ3n) is 6.54. The van der Waals surface area contributed by atoms with Crippen LogP contribution in [0, 0.1) is 0 Å². The molecule has 0 radical (unpaired) electrons. The van der Waals surface area contributed by atoms with Gasteiger partial charge in [-0.05, 0) is 41.3 Å². The normalized spacial score (nSPS) is 16.9. The van der Waals surface area contributed by atoms with E-state index in [2.05, 4.69) is 24.1 Å². The van der Waals surface area contributed by atoms with Crippen LogP contribution in [0.1, 0.15) is 56.5 Å². The number of amides is 1. The van der Waals surface area contributed by atoms with Crippen LogP contribution in [-0.4, -0.2) is 61.3 Å². The van der Waals surface area contributed by atoms with E-state index >= 15 is 0 Å². The van der Waals surface area contributed by atoms with E-state index in [1.807, 2.05) is 24.3 Å². The van der Waals surface area contributed by atoms with E-state index < -0.39 is 45.8 Å². The SMILES string of the molecule is CC(C)c1ccc(CNC(=O)[C@H]2CN(c3ncc(C(=O)O)s3)CCN2S(=O)C(=O)c2ccc(C(F)(F)F)cc2)cc1. The number of carboxylic acid groups (broad SMARTS) is 1. The minimum Gasteiger partial charge on any atom is -0.477 e. The molecule has 2 heterocycles. The molecule has 2 aromatic carbocycles. The first kappa shape index (κ1) is 30.3. The summed E-state index contributed by atoms with van der Waals surface area (Å²) in [4.78, 5) is 43.6. The lowest BCUT2D eigenvalue weighted by atomic mass is 10.0. The van der Waals surface area contributed by atoms with Gasteiger partial charge in [-0.3, -0.25) is 9.59 Å². The number of nitrogens with zero attached hydrogens (tertiary/aromatic N) is 3. The molecular weight excluding hydrogens is 581 g/mol. The molecule has 0 spiro atoms. The number of nitrogens with one attached hydrogen (secondary N) is 1. The van der Waals surface area contributed by atoms with Gasteiger partial charge in [-0.25, -0.2) is 18.3 Å². The lowest BCUT2D eigenvalue weighted by Gasteiger charge is -2.38. The fraction of sp³-hybridized carbons (Fsp3) is 0.333. The van der Waals surface area contributed by atoms with Crippen LogP contribution in [0.2, 0.25) is 0 Å². The van der Waals surface area contributed by atoms with Crippen LogP contribution in [0.25, 0.3) is 0 Å².